The van der Waals surface area contributed by atoms with E-state index in [0.29, 0.717) is 17.8 Å². The van der Waals surface area contributed by atoms with Crippen molar-refractivity contribution < 1.29 is 14.8 Å². The van der Waals surface area contributed by atoms with Crippen molar-refractivity contribution in [3.63, 3.8) is 0 Å². The Hall–Kier alpha value is -2.18. The molecule has 1 aromatic heterocycles. The van der Waals surface area contributed by atoms with Crippen LogP contribution in [0, 0.1) is 17.0 Å². The summed E-state index contributed by atoms with van der Waals surface area (Å²) in [6.07, 6.45) is 3.31. The second-order valence-corrected chi connectivity index (χ2v) is 4.29. The van der Waals surface area contributed by atoms with Crippen molar-refractivity contribution in [3.8, 4) is 0 Å². The zero-order valence-corrected chi connectivity index (χ0v) is 10.9. The Morgan fingerprint density at radius 3 is 2.79 bits per heavy atom. The number of hydrogen-bond acceptors (Lipinski definition) is 5. The molecule has 0 aliphatic heterocycles. The summed E-state index contributed by atoms with van der Waals surface area (Å²) in [5.74, 6) is -0.613. The number of nitro groups is 1. The summed E-state index contributed by atoms with van der Waals surface area (Å²) in [6.45, 7) is 3.57. The molecule has 0 saturated heterocycles. The van der Waals surface area contributed by atoms with E-state index in [2.05, 4.69) is 10.3 Å². The summed E-state index contributed by atoms with van der Waals surface area (Å²) in [6, 6.07) is 0.758. The maximum absolute atomic E-state index is 11.1. The van der Waals surface area contributed by atoms with Crippen molar-refractivity contribution in [2.24, 2.45) is 0 Å². The number of anilines is 1. The summed E-state index contributed by atoms with van der Waals surface area (Å²) in [7, 11) is 0. The zero-order valence-electron chi connectivity index (χ0n) is 10.9. The Morgan fingerprint density at radius 2 is 2.32 bits per heavy atom. The lowest BCUT2D eigenvalue weighted by atomic mass is 10.1. The van der Waals surface area contributed by atoms with Crippen molar-refractivity contribution in [1.29, 1.82) is 0 Å². The number of hydrogen-bond donors (Lipinski definition) is 2. The van der Waals surface area contributed by atoms with Gasteiger partial charge in [0.1, 0.15) is 18.1 Å². The highest BCUT2D eigenvalue weighted by atomic mass is 16.6. The quantitative estimate of drug-likeness (QED) is 0.580. The molecule has 0 aliphatic rings. The van der Waals surface area contributed by atoms with Gasteiger partial charge in [0.2, 0.25) is 0 Å². The predicted molar refractivity (Wildman–Crippen MR) is 70.2 cm³/mol. The van der Waals surface area contributed by atoms with Gasteiger partial charge in [0.05, 0.1) is 4.92 Å². The molecule has 0 fully saturated rings. The van der Waals surface area contributed by atoms with Gasteiger partial charge in [-0.2, -0.15) is 0 Å². The van der Waals surface area contributed by atoms with Gasteiger partial charge in [-0.25, -0.2) is 9.78 Å². The number of unbranched alkanes of at least 4 members (excludes halogenated alkanes) is 1. The molecule has 0 amide bonds. The third kappa shape index (κ3) is 4.20. The molecule has 1 atom stereocenters. The Kier molecular flexibility index (Phi) is 5.23. The summed E-state index contributed by atoms with van der Waals surface area (Å²) in [4.78, 5) is 25.1. The van der Waals surface area contributed by atoms with Crippen LogP contribution in [0.15, 0.2) is 12.3 Å². The number of aliphatic carboxylic acids is 1. The molecule has 0 aliphatic carbocycles. The third-order valence-corrected chi connectivity index (χ3v) is 2.75. The van der Waals surface area contributed by atoms with Crippen LogP contribution in [0.1, 0.15) is 31.7 Å². The summed E-state index contributed by atoms with van der Waals surface area (Å²) >= 11 is 0. The van der Waals surface area contributed by atoms with E-state index in [0.717, 1.165) is 19.0 Å². The molecule has 19 heavy (non-hydrogen) atoms. The van der Waals surface area contributed by atoms with Crippen molar-refractivity contribution in [1.82, 2.24) is 4.98 Å². The van der Waals surface area contributed by atoms with Crippen LogP contribution in [0.2, 0.25) is 0 Å². The minimum Gasteiger partial charge on any atom is -0.480 e. The van der Waals surface area contributed by atoms with Gasteiger partial charge in [-0.05, 0) is 19.4 Å². The first-order valence-electron chi connectivity index (χ1n) is 6.06. The number of aryl methyl sites for hydroxylation is 1. The normalized spacial score (nSPS) is 11.9. The van der Waals surface area contributed by atoms with E-state index >= 15 is 0 Å². The fourth-order valence-electron chi connectivity index (χ4n) is 1.66. The topological polar surface area (TPSA) is 105 Å². The summed E-state index contributed by atoms with van der Waals surface area (Å²) < 4.78 is 0. The lowest BCUT2D eigenvalue weighted by Crippen LogP contribution is -2.29. The highest BCUT2D eigenvalue weighted by Crippen LogP contribution is 2.19. The number of carbonyl (C=O) groups is 1. The average Bonchev–Trinajstić information content (AvgIpc) is 2.33. The molecular weight excluding hydrogens is 250 g/mol. The van der Waals surface area contributed by atoms with E-state index in [-0.39, 0.29) is 5.69 Å². The first-order chi connectivity index (χ1) is 8.95. The lowest BCUT2D eigenvalue weighted by molar-refractivity contribution is -0.385. The first-order valence-corrected chi connectivity index (χ1v) is 6.06. The van der Waals surface area contributed by atoms with Crippen LogP contribution in [0.25, 0.3) is 0 Å². The molecule has 0 saturated carbocycles. The van der Waals surface area contributed by atoms with Crippen LogP contribution in [0.4, 0.5) is 11.5 Å². The maximum atomic E-state index is 11.1. The maximum Gasteiger partial charge on any atom is 0.326 e. The monoisotopic (exact) mass is 267 g/mol. The van der Waals surface area contributed by atoms with E-state index < -0.39 is 16.9 Å². The van der Waals surface area contributed by atoms with Crippen molar-refractivity contribution in [2.45, 2.75) is 39.2 Å². The number of nitrogens with one attached hydrogen (secondary N) is 1. The average molecular weight is 267 g/mol. The van der Waals surface area contributed by atoms with E-state index in [1.54, 1.807) is 6.92 Å². The minimum absolute atomic E-state index is 0.0778. The Morgan fingerprint density at radius 1 is 1.63 bits per heavy atom. The number of nitrogens with zero attached hydrogens (tertiary/aromatic N) is 2. The van der Waals surface area contributed by atoms with E-state index in [1.807, 2.05) is 6.92 Å². The predicted octanol–water partition coefficient (Wildman–Crippen LogP) is 2.35. The van der Waals surface area contributed by atoms with Gasteiger partial charge in [-0.1, -0.05) is 19.8 Å². The summed E-state index contributed by atoms with van der Waals surface area (Å²) in [5, 5.41) is 22.5. The molecule has 0 spiro atoms. The second kappa shape index (κ2) is 6.67. The highest BCUT2D eigenvalue weighted by Gasteiger charge is 2.18. The SMILES string of the molecule is CCCCC(Nc1cc(C)c([N+](=O)[O-])cn1)C(=O)O. The second-order valence-electron chi connectivity index (χ2n) is 4.29. The molecular formula is C12H17N3O4. The lowest BCUT2D eigenvalue weighted by Gasteiger charge is -2.14. The van der Waals surface area contributed by atoms with E-state index in [9.17, 15) is 14.9 Å². The Bertz CT molecular complexity index is 476. The number of pyridine rings is 1. The highest BCUT2D eigenvalue weighted by molar-refractivity contribution is 5.76. The Balaban J connectivity index is 2.82. The fraction of sp³-hybridized carbons (Fsp3) is 0.500. The smallest absolute Gasteiger partial charge is 0.326 e. The van der Waals surface area contributed by atoms with Crippen LogP contribution < -0.4 is 5.32 Å². The van der Waals surface area contributed by atoms with Crippen LogP contribution in [0.5, 0.6) is 0 Å². The van der Waals surface area contributed by atoms with Gasteiger partial charge >= 0.3 is 5.97 Å². The van der Waals surface area contributed by atoms with Gasteiger partial charge < -0.3 is 10.4 Å². The molecule has 0 aromatic carbocycles. The molecule has 1 aromatic rings. The van der Waals surface area contributed by atoms with Gasteiger partial charge in [0.25, 0.3) is 5.69 Å². The number of carboxylic acid groups (broad SMARTS) is 1. The molecule has 7 nitrogen and oxygen atoms in total. The van der Waals surface area contributed by atoms with Gasteiger partial charge in [-0.15, -0.1) is 0 Å². The number of aromatic nitrogens is 1. The van der Waals surface area contributed by atoms with E-state index in [1.165, 1.54) is 6.07 Å². The molecule has 0 radical (unpaired) electrons. The van der Waals surface area contributed by atoms with Crippen LogP contribution >= 0.6 is 0 Å². The molecule has 1 unspecified atom stereocenters. The zero-order chi connectivity index (χ0) is 14.4. The third-order valence-electron chi connectivity index (χ3n) is 2.75. The molecule has 7 heteroatoms. The molecule has 104 valence electrons. The number of rotatable bonds is 7. The van der Waals surface area contributed by atoms with Crippen LogP contribution in [-0.4, -0.2) is 27.0 Å². The standard InChI is InChI=1S/C12H17N3O4/c1-3-4-5-9(12(16)17)14-11-6-8(2)10(7-13-11)15(18)19/h6-7,9H,3-5H2,1-2H3,(H,13,14)(H,16,17). The molecule has 1 rings (SSSR count). The van der Waals surface area contributed by atoms with Crippen molar-refractivity contribution >= 4 is 17.5 Å². The molecule has 2 N–H and O–H groups in total. The summed E-state index contributed by atoms with van der Waals surface area (Å²) in [5.41, 5.74) is 0.369. The molecule has 0 bridgehead atoms. The van der Waals surface area contributed by atoms with Crippen molar-refractivity contribution in [2.75, 3.05) is 5.32 Å². The largest absolute Gasteiger partial charge is 0.480 e. The first kappa shape index (κ1) is 14.9. The van der Waals surface area contributed by atoms with Gasteiger partial charge in [0, 0.05) is 5.56 Å². The van der Waals surface area contributed by atoms with Crippen LogP contribution in [0.3, 0.4) is 0 Å². The van der Waals surface area contributed by atoms with E-state index in [4.69, 9.17) is 5.11 Å². The van der Waals surface area contributed by atoms with Gasteiger partial charge in [-0.3, -0.25) is 10.1 Å². The van der Waals surface area contributed by atoms with Crippen LogP contribution in [-0.2, 0) is 4.79 Å². The fourth-order valence-corrected chi connectivity index (χ4v) is 1.66. The molecule has 1 heterocycles. The van der Waals surface area contributed by atoms with Gasteiger partial charge in [0.15, 0.2) is 0 Å². The number of carboxylic acids is 1. The van der Waals surface area contributed by atoms with Crippen molar-refractivity contribution in [3.05, 3.63) is 27.9 Å². The Labute approximate surface area is 110 Å². The minimum atomic E-state index is -0.953.